The summed E-state index contributed by atoms with van der Waals surface area (Å²) in [5.41, 5.74) is 0.821. The lowest BCUT2D eigenvalue weighted by Crippen LogP contribution is -2.13. The Balaban J connectivity index is 2.08. The smallest absolute Gasteiger partial charge is 0.146 e. The van der Waals surface area contributed by atoms with Gasteiger partial charge in [-0.15, -0.1) is 0 Å². The first-order valence-corrected chi connectivity index (χ1v) is 6.86. The number of benzene rings is 1. The van der Waals surface area contributed by atoms with Crippen molar-refractivity contribution in [3.63, 3.8) is 0 Å². The van der Waals surface area contributed by atoms with E-state index in [0.717, 1.165) is 24.5 Å². The van der Waals surface area contributed by atoms with Gasteiger partial charge in [-0.2, -0.15) is 0 Å². The molecule has 1 N–H and O–H groups in total. The molecule has 0 aliphatic carbocycles. The molecular weight excluding hydrogens is 257 g/mol. The molecule has 2 rings (SSSR count). The number of halogens is 1. The molecule has 0 aliphatic heterocycles. The molecule has 4 nitrogen and oxygen atoms in total. The molecular formula is C15H20FN3O. The van der Waals surface area contributed by atoms with E-state index in [1.54, 1.807) is 12.3 Å². The fourth-order valence-electron chi connectivity index (χ4n) is 2.00. The molecule has 1 aromatic heterocycles. The van der Waals surface area contributed by atoms with Crippen LogP contribution in [0.15, 0.2) is 30.6 Å². The second-order valence-corrected chi connectivity index (χ2v) is 4.45. The molecule has 0 fully saturated rings. The van der Waals surface area contributed by atoms with E-state index in [0.29, 0.717) is 18.9 Å². The first kappa shape index (κ1) is 14.5. The minimum atomic E-state index is -0.250. The van der Waals surface area contributed by atoms with Crippen LogP contribution in [0.2, 0.25) is 0 Å². The number of aromatic nitrogens is 2. The molecule has 0 saturated heterocycles. The summed E-state index contributed by atoms with van der Waals surface area (Å²) in [4.78, 5) is 4.26. The summed E-state index contributed by atoms with van der Waals surface area (Å²) < 4.78 is 21.1. The highest BCUT2D eigenvalue weighted by atomic mass is 19.1. The summed E-state index contributed by atoms with van der Waals surface area (Å²) in [7, 11) is 0. The van der Waals surface area contributed by atoms with E-state index in [-0.39, 0.29) is 5.82 Å². The first-order valence-electron chi connectivity index (χ1n) is 6.86. The number of rotatable bonds is 7. The Bertz CT molecular complexity index is 554. The Morgan fingerprint density at radius 3 is 2.95 bits per heavy atom. The number of hydrogen-bond donors (Lipinski definition) is 1. The summed E-state index contributed by atoms with van der Waals surface area (Å²) in [6.07, 6.45) is 3.68. The highest BCUT2D eigenvalue weighted by Crippen LogP contribution is 2.20. The van der Waals surface area contributed by atoms with Crippen LogP contribution in [0.3, 0.4) is 0 Å². The van der Waals surface area contributed by atoms with Gasteiger partial charge in [0.25, 0.3) is 0 Å². The van der Waals surface area contributed by atoms with Crippen LogP contribution in [0.25, 0.3) is 0 Å². The maximum absolute atomic E-state index is 13.3. The third-order valence-electron chi connectivity index (χ3n) is 3.09. The van der Waals surface area contributed by atoms with E-state index >= 15 is 0 Å². The Kier molecular flexibility index (Phi) is 5.12. The van der Waals surface area contributed by atoms with E-state index in [1.807, 2.05) is 17.7 Å². The molecule has 0 saturated carbocycles. The lowest BCUT2D eigenvalue weighted by atomic mass is 10.2. The van der Waals surface area contributed by atoms with Gasteiger partial charge >= 0.3 is 0 Å². The molecule has 20 heavy (non-hydrogen) atoms. The number of imidazole rings is 1. The molecule has 0 unspecified atom stereocenters. The van der Waals surface area contributed by atoms with Gasteiger partial charge in [0.05, 0.1) is 0 Å². The average molecular weight is 277 g/mol. The van der Waals surface area contributed by atoms with Crippen molar-refractivity contribution in [2.24, 2.45) is 0 Å². The van der Waals surface area contributed by atoms with Crippen LogP contribution in [0.1, 0.15) is 25.2 Å². The lowest BCUT2D eigenvalue weighted by molar-refractivity contribution is 0.286. The molecule has 1 heterocycles. The SMILES string of the molecule is CCNCc1cc(F)ccc1OCc1nccn1CC. The Morgan fingerprint density at radius 2 is 2.20 bits per heavy atom. The second kappa shape index (κ2) is 7.05. The van der Waals surface area contributed by atoms with Gasteiger partial charge in [0, 0.05) is 31.0 Å². The van der Waals surface area contributed by atoms with Crippen LogP contribution in [0.5, 0.6) is 5.75 Å². The molecule has 0 bridgehead atoms. The van der Waals surface area contributed by atoms with Gasteiger partial charge in [0.15, 0.2) is 0 Å². The predicted octanol–water partition coefficient (Wildman–Crippen LogP) is 2.73. The van der Waals surface area contributed by atoms with Crippen molar-refractivity contribution in [2.75, 3.05) is 6.54 Å². The highest BCUT2D eigenvalue weighted by Gasteiger charge is 2.07. The van der Waals surface area contributed by atoms with Crippen LogP contribution < -0.4 is 10.1 Å². The maximum Gasteiger partial charge on any atom is 0.146 e. The van der Waals surface area contributed by atoms with Crippen LogP contribution in [0.4, 0.5) is 4.39 Å². The van der Waals surface area contributed by atoms with Crippen LogP contribution in [-0.2, 0) is 19.7 Å². The quantitative estimate of drug-likeness (QED) is 0.846. The molecule has 0 spiro atoms. The normalized spacial score (nSPS) is 10.8. The molecule has 108 valence electrons. The number of nitrogens with zero attached hydrogens (tertiary/aromatic N) is 2. The van der Waals surface area contributed by atoms with Gasteiger partial charge in [0.1, 0.15) is 24.0 Å². The van der Waals surface area contributed by atoms with E-state index in [4.69, 9.17) is 4.74 Å². The standard InChI is InChI=1S/C15H20FN3O/c1-3-17-10-12-9-13(16)5-6-14(12)20-11-15-18-7-8-19(15)4-2/h5-9,17H,3-4,10-11H2,1-2H3. The zero-order valence-electron chi connectivity index (χ0n) is 11.9. The zero-order chi connectivity index (χ0) is 14.4. The number of nitrogens with one attached hydrogen (secondary N) is 1. The molecule has 0 radical (unpaired) electrons. The third kappa shape index (κ3) is 3.57. The maximum atomic E-state index is 13.3. The van der Waals surface area contributed by atoms with Crippen molar-refractivity contribution >= 4 is 0 Å². The Morgan fingerprint density at radius 1 is 1.35 bits per heavy atom. The van der Waals surface area contributed by atoms with Gasteiger partial charge in [0.2, 0.25) is 0 Å². The largest absolute Gasteiger partial charge is 0.485 e. The van der Waals surface area contributed by atoms with Gasteiger partial charge < -0.3 is 14.6 Å². The average Bonchev–Trinajstić information content (AvgIpc) is 2.91. The molecule has 0 amide bonds. The van der Waals surface area contributed by atoms with E-state index in [9.17, 15) is 4.39 Å². The van der Waals surface area contributed by atoms with Gasteiger partial charge in [-0.25, -0.2) is 9.37 Å². The topological polar surface area (TPSA) is 39.1 Å². The summed E-state index contributed by atoms with van der Waals surface area (Å²) in [5.74, 6) is 1.31. The first-order chi connectivity index (χ1) is 9.74. The Labute approximate surface area is 118 Å². The highest BCUT2D eigenvalue weighted by molar-refractivity contribution is 5.34. The van der Waals surface area contributed by atoms with E-state index in [2.05, 4.69) is 17.2 Å². The summed E-state index contributed by atoms with van der Waals surface area (Å²) in [6, 6.07) is 4.59. The minimum Gasteiger partial charge on any atom is -0.485 e. The molecule has 1 aromatic carbocycles. The molecule has 5 heteroatoms. The van der Waals surface area contributed by atoms with Crippen molar-refractivity contribution in [2.45, 2.75) is 33.5 Å². The minimum absolute atomic E-state index is 0.250. The number of ether oxygens (including phenoxy) is 1. The van der Waals surface area contributed by atoms with Crippen molar-refractivity contribution in [3.8, 4) is 5.75 Å². The van der Waals surface area contributed by atoms with Crippen LogP contribution in [0, 0.1) is 5.82 Å². The predicted molar refractivity (Wildman–Crippen MR) is 76.0 cm³/mol. The van der Waals surface area contributed by atoms with E-state index < -0.39 is 0 Å². The van der Waals surface area contributed by atoms with Gasteiger partial charge in [-0.1, -0.05) is 6.92 Å². The fraction of sp³-hybridized carbons (Fsp3) is 0.400. The lowest BCUT2D eigenvalue weighted by Gasteiger charge is -2.12. The fourth-order valence-corrected chi connectivity index (χ4v) is 2.00. The van der Waals surface area contributed by atoms with E-state index in [1.165, 1.54) is 12.1 Å². The van der Waals surface area contributed by atoms with Gasteiger partial charge in [-0.3, -0.25) is 0 Å². The van der Waals surface area contributed by atoms with Crippen molar-refractivity contribution in [3.05, 3.63) is 47.8 Å². The zero-order valence-corrected chi connectivity index (χ0v) is 11.9. The molecule has 0 atom stereocenters. The second-order valence-electron chi connectivity index (χ2n) is 4.45. The van der Waals surface area contributed by atoms with Crippen LogP contribution >= 0.6 is 0 Å². The number of hydrogen-bond acceptors (Lipinski definition) is 3. The van der Waals surface area contributed by atoms with Crippen molar-refractivity contribution in [1.82, 2.24) is 14.9 Å². The third-order valence-corrected chi connectivity index (χ3v) is 3.09. The summed E-state index contributed by atoms with van der Waals surface area (Å²) in [6.45, 7) is 6.72. The van der Waals surface area contributed by atoms with Gasteiger partial charge in [-0.05, 0) is 31.7 Å². The number of aryl methyl sites for hydroxylation is 1. The summed E-state index contributed by atoms with van der Waals surface area (Å²) in [5, 5.41) is 3.18. The monoisotopic (exact) mass is 277 g/mol. The van der Waals surface area contributed by atoms with Crippen molar-refractivity contribution < 1.29 is 9.13 Å². The molecule has 0 aliphatic rings. The summed E-state index contributed by atoms with van der Waals surface area (Å²) >= 11 is 0. The van der Waals surface area contributed by atoms with Crippen molar-refractivity contribution in [1.29, 1.82) is 0 Å². The molecule has 2 aromatic rings. The van der Waals surface area contributed by atoms with Crippen LogP contribution in [-0.4, -0.2) is 16.1 Å². The Hall–Kier alpha value is -1.88.